The Morgan fingerprint density at radius 1 is 1.88 bits per heavy atom. The van der Waals surface area contributed by atoms with Gasteiger partial charge in [0, 0.05) is 6.42 Å². The van der Waals surface area contributed by atoms with Gasteiger partial charge >= 0.3 is 0 Å². The largest absolute Gasteiger partial charge is 0.484 e. The summed E-state index contributed by atoms with van der Waals surface area (Å²) in [6.07, 6.45) is 0.306. The van der Waals surface area contributed by atoms with Crippen molar-refractivity contribution in [3.8, 4) is 0 Å². The monoisotopic (exact) mass is 116 g/mol. The summed E-state index contributed by atoms with van der Waals surface area (Å²) < 4.78 is 4.44. The van der Waals surface area contributed by atoms with E-state index in [1.807, 2.05) is 0 Å². The van der Waals surface area contributed by atoms with E-state index in [2.05, 4.69) is 9.91 Å². The summed E-state index contributed by atoms with van der Waals surface area (Å²) in [6, 6.07) is 0. The summed E-state index contributed by atoms with van der Waals surface area (Å²) in [6.45, 7) is 0.132. The summed E-state index contributed by atoms with van der Waals surface area (Å²) in [5, 5.41) is 9.37. The Hall–Kier alpha value is -0.930. The zero-order valence-electron chi connectivity index (χ0n) is 4.68. The number of nitrogens with zero attached hydrogens (tertiary/aromatic N) is 1. The predicted octanol–water partition coefficient (Wildman–Crippen LogP) is 0.767. The van der Waals surface area contributed by atoms with Gasteiger partial charge in [0.2, 0.25) is 0 Å². The van der Waals surface area contributed by atoms with Crippen molar-refractivity contribution >= 4 is 5.90 Å². The van der Waals surface area contributed by atoms with E-state index in [1.54, 1.807) is 0 Å². The number of ether oxygens (including phenoxy) is 1. The minimum absolute atomic E-state index is 0.101. The van der Waals surface area contributed by atoms with Crippen LogP contribution in [0, 0.1) is 10.3 Å². The highest BCUT2D eigenvalue weighted by atomic mass is 16.5. The van der Waals surface area contributed by atoms with Gasteiger partial charge < -0.3 is 4.74 Å². The second-order valence-electron chi connectivity index (χ2n) is 1.23. The molecular weight excluding hydrogens is 108 g/mol. The first-order valence-electron chi connectivity index (χ1n) is 2.21. The maximum atomic E-state index is 9.42. The lowest BCUT2D eigenvalue weighted by atomic mass is 10.4. The van der Waals surface area contributed by atoms with E-state index in [1.165, 1.54) is 7.11 Å². The number of hydrogen-bond donors (Lipinski definition) is 1. The lowest BCUT2D eigenvalue weighted by Crippen LogP contribution is -1.99. The quantitative estimate of drug-likeness (QED) is 0.336. The van der Waals surface area contributed by atoms with Crippen LogP contribution in [0.5, 0.6) is 0 Å². The summed E-state index contributed by atoms with van der Waals surface area (Å²) in [7, 11) is 1.40. The lowest BCUT2D eigenvalue weighted by Gasteiger charge is -1.94. The molecule has 0 bridgehead atoms. The average molecular weight is 116 g/mol. The van der Waals surface area contributed by atoms with Gasteiger partial charge in [0.15, 0.2) is 5.90 Å². The molecule has 0 aliphatic carbocycles. The molecule has 4 heteroatoms. The molecule has 0 spiro atoms. The van der Waals surface area contributed by atoms with Crippen molar-refractivity contribution in [3.05, 3.63) is 4.91 Å². The highest BCUT2D eigenvalue weighted by molar-refractivity contribution is 5.72. The zero-order chi connectivity index (χ0) is 6.41. The third-order valence-electron chi connectivity index (χ3n) is 0.677. The molecule has 8 heavy (non-hydrogen) atoms. The molecule has 0 aromatic rings. The Balaban J connectivity index is 3.11. The minimum Gasteiger partial charge on any atom is -0.484 e. The Labute approximate surface area is 47.3 Å². The average Bonchev–Trinajstić information content (AvgIpc) is 1.83. The molecule has 0 aliphatic heterocycles. The lowest BCUT2D eigenvalue weighted by molar-refractivity contribution is 0.387. The fourth-order valence-corrected chi connectivity index (χ4v) is 0.249. The molecule has 0 saturated heterocycles. The van der Waals surface area contributed by atoms with Crippen LogP contribution < -0.4 is 0 Å². The summed E-state index contributed by atoms with van der Waals surface area (Å²) in [5.74, 6) is 0.101. The van der Waals surface area contributed by atoms with Gasteiger partial charge in [0.05, 0.1) is 13.7 Å². The number of rotatable bonds is 3. The molecule has 0 radical (unpaired) electrons. The number of nitrogens with one attached hydrogen (secondary N) is 1. The van der Waals surface area contributed by atoms with Gasteiger partial charge in [0.25, 0.3) is 0 Å². The molecule has 0 saturated carbocycles. The highest BCUT2D eigenvalue weighted by Crippen LogP contribution is 1.83. The predicted molar refractivity (Wildman–Crippen MR) is 30.0 cm³/mol. The Bertz CT molecular complexity index is 92.0. The van der Waals surface area contributed by atoms with Crippen molar-refractivity contribution in [3.63, 3.8) is 0 Å². The van der Waals surface area contributed by atoms with Crippen LogP contribution >= 0.6 is 0 Å². The van der Waals surface area contributed by atoms with E-state index in [4.69, 9.17) is 5.41 Å². The first-order valence-corrected chi connectivity index (χ1v) is 2.21. The molecule has 0 amide bonds. The van der Waals surface area contributed by atoms with Gasteiger partial charge in [-0.15, -0.1) is 0 Å². The third-order valence-corrected chi connectivity index (χ3v) is 0.677. The number of nitroso groups, excluding NO2 is 1. The molecule has 0 fully saturated rings. The first kappa shape index (κ1) is 7.07. The van der Waals surface area contributed by atoms with Crippen LogP contribution in [-0.2, 0) is 4.74 Å². The van der Waals surface area contributed by atoms with Crippen LogP contribution in [-0.4, -0.2) is 19.6 Å². The van der Waals surface area contributed by atoms with Crippen LogP contribution in [0.4, 0.5) is 0 Å². The van der Waals surface area contributed by atoms with E-state index in [9.17, 15) is 4.91 Å². The first-order chi connectivity index (χ1) is 3.81. The molecule has 0 heterocycles. The number of methoxy groups -OCH3 is 1. The Morgan fingerprint density at radius 3 is 2.88 bits per heavy atom. The van der Waals surface area contributed by atoms with Gasteiger partial charge in [-0.25, -0.2) is 0 Å². The minimum atomic E-state index is 0.101. The standard InChI is InChI=1S/C4H8N2O2/c1-8-4(5)2-3-6-7/h5H,2-3H2,1H3. The fourth-order valence-electron chi connectivity index (χ4n) is 0.249. The maximum Gasteiger partial charge on any atom is 0.182 e. The van der Waals surface area contributed by atoms with Crippen molar-refractivity contribution in [1.82, 2.24) is 0 Å². The summed E-state index contributed by atoms with van der Waals surface area (Å²) in [4.78, 5) is 9.42. The van der Waals surface area contributed by atoms with Crippen LogP contribution in [0.2, 0.25) is 0 Å². The summed E-state index contributed by atoms with van der Waals surface area (Å²) in [5.41, 5.74) is 0. The molecule has 0 atom stereocenters. The van der Waals surface area contributed by atoms with Crippen molar-refractivity contribution in [2.75, 3.05) is 13.7 Å². The van der Waals surface area contributed by atoms with Crippen molar-refractivity contribution in [2.45, 2.75) is 6.42 Å². The molecule has 1 N–H and O–H groups in total. The van der Waals surface area contributed by atoms with E-state index >= 15 is 0 Å². The second-order valence-corrected chi connectivity index (χ2v) is 1.23. The van der Waals surface area contributed by atoms with Gasteiger partial charge in [-0.1, -0.05) is 5.18 Å². The van der Waals surface area contributed by atoms with Crippen molar-refractivity contribution < 1.29 is 4.74 Å². The molecule has 0 aromatic heterocycles. The Morgan fingerprint density at radius 2 is 2.50 bits per heavy atom. The molecule has 0 unspecified atom stereocenters. The van der Waals surface area contributed by atoms with Crippen molar-refractivity contribution in [2.24, 2.45) is 5.18 Å². The highest BCUT2D eigenvalue weighted by Gasteiger charge is 1.91. The fraction of sp³-hybridized carbons (Fsp3) is 0.750. The summed E-state index contributed by atoms with van der Waals surface area (Å²) >= 11 is 0. The van der Waals surface area contributed by atoms with Gasteiger partial charge in [-0.05, 0) is 0 Å². The SMILES string of the molecule is COC(=N)CCN=O. The smallest absolute Gasteiger partial charge is 0.182 e. The van der Waals surface area contributed by atoms with E-state index < -0.39 is 0 Å². The van der Waals surface area contributed by atoms with Crippen LogP contribution in [0.15, 0.2) is 5.18 Å². The van der Waals surface area contributed by atoms with E-state index in [0.717, 1.165) is 0 Å². The molecular formula is C4H8N2O2. The topological polar surface area (TPSA) is 62.5 Å². The van der Waals surface area contributed by atoms with Crippen LogP contribution in [0.25, 0.3) is 0 Å². The Kier molecular flexibility index (Phi) is 3.74. The van der Waals surface area contributed by atoms with Crippen LogP contribution in [0.3, 0.4) is 0 Å². The zero-order valence-corrected chi connectivity index (χ0v) is 4.68. The maximum absolute atomic E-state index is 9.42. The number of hydrogen-bond acceptors (Lipinski definition) is 4. The van der Waals surface area contributed by atoms with Crippen LogP contribution in [0.1, 0.15) is 6.42 Å². The normalized spacial score (nSPS) is 8.12. The van der Waals surface area contributed by atoms with E-state index in [-0.39, 0.29) is 12.4 Å². The second kappa shape index (κ2) is 4.23. The van der Waals surface area contributed by atoms with Gasteiger partial charge in [-0.3, -0.25) is 5.41 Å². The molecule has 4 nitrogen and oxygen atoms in total. The molecule has 0 aromatic carbocycles. The molecule has 0 aliphatic rings. The molecule has 0 rings (SSSR count). The molecule has 46 valence electrons. The third kappa shape index (κ3) is 3.27. The van der Waals surface area contributed by atoms with Gasteiger partial charge in [0.1, 0.15) is 0 Å². The van der Waals surface area contributed by atoms with Gasteiger partial charge in [-0.2, -0.15) is 4.91 Å². The van der Waals surface area contributed by atoms with Crippen molar-refractivity contribution in [1.29, 1.82) is 5.41 Å². The van der Waals surface area contributed by atoms with E-state index in [0.29, 0.717) is 6.42 Å².